The Labute approximate surface area is 112 Å². The lowest BCUT2D eigenvalue weighted by molar-refractivity contribution is 0.0637. The second-order valence-corrected chi connectivity index (χ2v) is 5.64. The van der Waals surface area contributed by atoms with Crippen molar-refractivity contribution >= 4 is 27.3 Å². The van der Waals surface area contributed by atoms with Gasteiger partial charge in [0, 0.05) is 22.4 Å². The number of anilines is 2. The average Bonchev–Trinajstić information content (AvgIpc) is 2.21. The Morgan fingerprint density at radius 2 is 2.12 bits per heavy atom. The van der Waals surface area contributed by atoms with Gasteiger partial charge >= 0.3 is 0 Å². The normalized spacial score (nSPS) is 14.4. The van der Waals surface area contributed by atoms with Crippen LogP contribution in [0, 0.1) is 6.92 Å². The predicted octanol–water partition coefficient (Wildman–Crippen LogP) is 3.30. The molecule has 0 aromatic heterocycles. The van der Waals surface area contributed by atoms with Crippen LogP contribution in [0.5, 0.6) is 0 Å². The number of aryl methyl sites for hydroxylation is 1. The lowest BCUT2D eigenvalue weighted by Gasteiger charge is -2.24. The first kappa shape index (κ1) is 14.3. The van der Waals surface area contributed by atoms with Crippen molar-refractivity contribution in [2.75, 3.05) is 17.6 Å². The maximum Gasteiger partial charge on any atom is 0.0791 e. The van der Waals surface area contributed by atoms with Crippen LogP contribution in [-0.4, -0.2) is 17.3 Å². The van der Waals surface area contributed by atoms with Crippen LogP contribution in [0.2, 0.25) is 0 Å². The third-order valence-corrected chi connectivity index (χ3v) is 3.46. The summed E-state index contributed by atoms with van der Waals surface area (Å²) in [6.07, 6.45) is 1.75. The van der Waals surface area contributed by atoms with Gasteiger partial charge in [-0.05, 0) is 53.9 Å². The van der Waals surface area contributed by atoms with Gasteiger partial charge in [-0.1, -0.05) is 13.3 Å². The van der Waals surface area contributed by atoms with Crippen LogP contribution in [0.15, 0.2) is 16.6 Å². The van der Waals surface area contributed by atoms with Crippen molar-refractivity contribution in [2.45, 2.75) is 39.2 Å². The van der Waals surface area contributed by atoms with E-state index < -0.39 is 5.60 Å². The highest BCUT2D eigenvalue weighted by Crippen LogP contribution is 2.28. The Kier molecular flexibility index (Phi) is 4.83. The fraction of sp³-hybridized carbons (Fsp3) is 0.538. The molecule has 1 rings (SSSR count). The van der Waals surface area contributed by atoms with Gasteiger partial charge in [0.2, 0.25) is 0 Å². The molecule has 0 saturated carbocycles. The van der Waals surface area contributed by atoms with Crippen LogP contribution in [0.4, 0.5) is 11.4 Å². The highest BCUT2D eigenvalue weighted by molar-refractivity contribution is 9.10. The molecule has 1 aromatic rings. The van der Waals surface area contributed by atoms with E-state index in [2.05, 4.69) is 28.2 Å². The van der Waals surface area contributed by atoms with E-state index in [9.17, 15) is 5.11 Å². The molecule has 0 radical (unpaired) electrons. The van der Waals surface area contributed by atoms with Crippen LogP contribution in [-0.2, 0) is 0 Å². The van der Waals surface area contributed by atoms with Gasteiger partial charge in [-0.3, -0.25) is 0 Å². The van der Waals surface area contributed by atoms with Gasteiger partial charge in [0.1, 0.15) is 0 Å². The van der Waals surface area contributed by atoms with Crippen molar-refractivity contribution in [1.29, 1.82) is 0 Å². The van der Waals surface area contributed by atoms with Crippen molar-refractivity contribution in [3.8, 4) is 0 Å². The van der Waals surface area contributed by atoms with Crippen LogP contribution in [0.25, 0.3) is 0 Å². The molecule has 0 aliphatic carbocycles. The zero-order valence-electron chi connectivity index (χ0n) is 10.7. The molecule has 0 amide bonds. The molecule has 96 valence electrons. The van der Waals surface area contributed by atoms with Gasteiger partial charge in [-0.25, -0.2) is 0 Å². The number of aliphatic hydroxyl groups is 1. The van der Waals surface area contributed by atoms with Crippen molar-refractivity contribution < 1.29 is 5.11 Å². The molecule has 0 spiro atoms. The van der Waals surface area contributed by atoms with Crippen molar-refractivity contribution in [3.05, 3.63) is 22.2 Å². The Hall–Kier alpha value is -0.740. The fourth-order valence-electron chi connectivity index (χ4n) is 1.74. The maximum absolute atomic E-state index is 10.1. The van der Waals surface area contributed by atoms with E-state index in [1.807, 2.05) is 26.0 Å². The van der Waals surface area contributed by atoms with Gasteiger partial charge in [0.15, 0.2) is 0 Å². The number of hydrogen-bond acceptors (Lipinski definition) is 3. The standard InChI is InChI=1S/C13H21BrN2O/c1-4-5-13(3,17)8-16-12-6-9(2)11(15)7-10(12)14/h6-7,16-17H,4-5,8,15H2,1-3H3. The topological polar surface area (TPSA) is 58.3 Å². The molecule has 1 aromatic carbocycles. The van der Waals surface area contributed by atoms with Gasteiger partial charge < -0.3 is 16.2 Å². The molecule has 0 bridgehead atoms. The van der Waals surface area contributed by atoms with E-state index in [0.717, 1.165) is 34.3 Å². The molecule has 0 aliphatic heterocycles. The molecule has 1 unspecified atom stereocenters. The minimum Gasteiger partial charge on any atom is -0.398 e. The van der Waals surface area contributed by atoms with Crippen molar-refractivity contribution in [1.82, 2.24) is 0 Å². The first-order valence-electron chi connectivity index (χ1n) is 5.87. The highest BCUT2D eigenvalue weighted by atomic mass is 79.9. The summed E-state index contributed by atoms with van der Waals surface area (Å²) in [5.41, 5.74) is 7.90. The van der Waals surface area contributed by atoms with Crippen LogP contribution in [0.3, 0.4) is 0 Å². The highest BCUT2D eigenvalue weighted by Gasteiger charge is 2.19. The Balaban J connectivity index is 2.73. The molecule has 0 fully saturated rings. The number of nitrogens with two attached hydrogens (primary N) is 1. The van der Waals surface area contributed by atoms with Gasteiger partial charge in [0.25, 0.3) is 0 Å². The number of halogens is 1. The SMILES string of the molecule is CCCC(C)(O)CNc1cc(C)c(N)cc1Br. The fourth-order valence-corrected chi connectivity index (χ4v) is 2.25. The number of benzene rings is 1. The molecular weight excluding hydrogens is 280 g/mol. The monoisotopic (exact) mass is 300 g/mol. The molecule has 1 atom stereocenters. The van der Waals surface area contributed by atoms with Gasteiger partial charge in [0.05, 0.1) is 5.60 Å². The van der Waals surface area contributed by atoms with Crippen molar-refractivity contribution in [3.63, 3.8) is 0 Å². The third-order valence-electron chi connectivity index (χ3n) is 2.80. The zero-order chi connectivity index (χ0) is 13.1. The molecule has 3 nitrogen and oxygen atoms in total. The molecule has 17 heavy (non-hydrogen) atoms. The second-order valence-electron chi connectivity index (χ2n) is 4.79. The summed E-state index contributed by atoms with van der Waals surface area (Å²) >= 11 is 3.46. The van der Waals surface area contributed by atoms with E-state index in [1.54, 1.807) is 0 Å². The summed E-state index contributed by atoms with van der Waals surface area (Å²) in [5, 5.41) is 13.3. The third kappa shape index (κ3) is 4.21. The summed E-state index contributed by atoms with van der Waals surface area (Å²) in [5.74, 6) is 0. The van der Waals surface area contributed by atoms with Crippen LogP contribution < -0.4 is 11.1 Å². The first-order valence-corrected chi connectivity index (χ1v) is 6.67. The summed E-state index contributed by atoms with van der Waals surface area (Å²) in [4.78, 5) is 0. The number of hydrogen-bond donors (Lipinski definition) is 3. The largest absolute Gasteiger partial charge is 0.398 e. The second kappa shape index (κ2) is 5.74. The van der Waals surface area contributed by atoms with E-state index in [-0.39, 0.29) is 0 Å². The predicted molar refractivity (Wildman–Crippen MR) is 77.3 cm³/mol. The molecular formula is C13H21BrN2O. The van der Waals surface area contributed by atoms with E-state index in [4.69, 9.17) is 5.73 Å². The van der Waals surface area contributed by atoms with Crippen LogP contribution in [0.1, 0.15) is 32.3 Å². The maximum atomic E-state index is 10.1. The minimum absolute atomic E-state index is 0.531. The molecule has 4 heteroatoms. The van der Waals surface area contributed by atoms with E-state index in [1.165, 1.54) is 0 Å². The molecule has 0 heterocycles. The zero-order valence-corrected chi connectivity index (χ0v) is 12.3. The lowest BCUT2D eigenvalue weighted by atomic mass is 10.0. The van der Waals surface area contributed by atoms with Gasteiger partial charge in [-0.2, -0.15) is 0 Å². The summed E-state index contributed by atoms with van der Waals surface area (Å²) in [6, 6.07) is 3.87. The number of rotatable bonds is 5. The van der Waals surface area contributed by atoms with E-state index >= 15 is 0 Å². The lowest BCUT2D eigenvalue weighted by Crippen LogP contribution is -2.33. The number of nitrogens with one attached hydrogen (secondary N) is 1. The van der Waals surface area contributed by atoms with E-state index in [0.29, 0.717) is 6.54 Å². The average molecular weight is 301 g/mol. The molecule has 4 N–H and O–H groups in total. The molecule has 0 aliphatic rings. The molecule has 0 saturated heterocycles. The van der Waals surface area contributed by atoms with Gasteiger partial charge in [-0.15, -0.1) is 0 Å². The Bertz CT molecular complexity index is 391. The number of nitrogen functional groups attached to an aromatic ring is 1. The Morgan fingerprint density at radius 1 is 1.47 bits per heavy atom. The summed E-state index contributed by atoms with van der Waals surface area (Å²) in [7, 11) is 0. The minimum atomic E-state index is -0.677. The summed E-state index contributed by atoms with van der Waals surface area (Å²) < 4.78 is 0.924. The van der Waals surface area contributed by atoms with Crippen molar-refractivity contribution in [2.24, 2.45) is 0 Å². The quantitative estimate of drug-likeness (QED) is 0.731. The summed E-state index contributed by atoms with van der Waals surface area (Å²) in [6.45, 7) is 6.42. The smallest absolute Gasteiger partial charge is 0.0791 e. The first-order chi connectivity index (χ1) is 7.85. The Morgan fingerprint density at radius 3 is 2.71 bits per heavy atom. The van der Waals surface area contributed by atoms with Crippen LogP contribution >= 0.6 is 15.9 Å².